The van der Waals surface area contributed by atoms with Crippen LogP contribution in [-0.4, -0.2) is 30.4 Å². The second-order valence-corrected chi connectivity index (χ2v) is 5.70. The van der Waals surface area contributed by atoms with Crippen LogP contribution in [0.4, 0.5) is 0 Å². The molecule has 0 bridgehead atoms. The third-order valence-electron chi connectivity index (χ3n) is 3.78. The van der Waals surface area contributed by atoms with E-state index in [4.69, 9.17) is 19.3 Å². The van der Waals surface area contributed by atoms with Gasteiger partial charge in [-0.25, -0.2) is 0 Å². The van der Waals surface area contributed by atoms with Crippen molar-refractivity contribution in [2.45, 2.75) is 25.4 Å². The van der Waals surface area contributed by atoms with Crippen LogP contribution in [0.15, 0.2) is 48.5 Å². The Kier molecular flexibility index (Phi) is 5.21. The molecule has 0 saturated carbocycles. The van der Waals surface area contributed by atoms with Crippen molar-refractivity contribution in [2.24, 2.45) is 0 Å². The van der Waals surface area contributed by atoms with Gasteiger partial charge in [-0.05, 0) is 42.7 Å². The van der Waals surface area contributed by atoms with Gasteiger partial charge < -0.3 is 19.3 Å². The van der Waals surface area contributed by atoms with E-state index in [1.807, 2.05) is 48.5 Å². The summed E-state index contributed by atoms with van der Waals surface area (Å²) in [4.78, 5) is 10.5. The van der Waals surface area contributed by atoms with Crippen LogP contribution in [0.25, 0.3) is 0 Å². The number of carboxylic acids is 1. The fourth-order valence-corrected chi connectivity index (χ4v) is 2.53. The van der Waals surface area contributed by atoms with E-state index in [-0.39, 0.29) is 12.5 Å². The zero-order valence-electron chi connectivity index (χ0n) is 13.3. The summed E-state index contributed by atoms with van der Waals surface area (Å²) in [5.41, 5.74) is 1.11. The van der Waals surface area contributed by atoms with Crippen LogP contribution in [0.2, 0.25) is 0 Å². The maximum atomic E-state index is 10.5. The molecule has 1 aliphatic rings. The minimum absolute atomic E-state index is 0.143. The van der Waals surface area contributed by atoms with E-state index < -0.39 is 5.97 Å². The lowest BCUT2D eigenvalue weighted by atomic mass is 10.1. The monoisotopic (exact) mass is 328 g/mol. The zero-order chi connectivity index (χ0) is 16.8. The van der Waals surface area contributed by atoms with Crippen LogP contribution in [0.5, 0.6) is 17.2 Å². The smallest absolute Gasteiger partial charge is 0.303 e. The summed E-state index contributed by atoms with van der Waals surface area (Å²) in [6.45, 7) is 0.872. The highest BCUT2D eigenvalue weighted by Gasteiger charge is 2.21. The topological polar surface area (TPSA) is 65.0 Å². The first-order chi connectivity index (χ1) is 11.7. The molecule has 5 heteroatoms. The molecule has 1 unspecified atom stereocenters. The van der Waals surface area contributed by atoms with Gasteiger partial charge in [0, 0.05) is 6.42 Å². The molecule has 1 N–H and O–H groups in total. The average Bonchev–Trinajstić information content (AvgIpc) is 2.60. The van der Waals surface area contributed by atoms with Gasteiger partial charge in [-0.2, -0.15) is 0 Å². The summed E-state index contributed by atoms with van der Waals surface area (Å²) < 4.78 is 17.3. The molecule has 1 aliphatic heterocycles. The number of para-hydroxylation sites is 2. The molecular weight excluding hydrogens is 308 g/mol. The second-order valence-electron chi connectivity index (χ2n) is 5.70. The molecule has 0 aliphatic carbocycles. The molecular formula is C19H20O5. The summed E-state index contributed by atoms with van der Waals surface area (Å²) in [5.74, 6) is 1.51. The largest absolute Gasteiger partial charge is 0.490 e. The molecule has 0 fully saturated rings. The highest BCUT2D eigenvalue weighted by molar-refractivity contribution is 5.66. The molecule has 1 atom stereocenters. The van der Waals surface area contributed by atoms with E-state index in [9.17, 15) is 4.79 Å². The summed E-state index contributed by atoms with van der Waals surface area (Å²) in [7, 11) is 0. The molecule has 3 rings (SSSR count). The Labute approximate surface area is 140 Å². The zero-order valence-corrected chi connectivity index (χ0v) is 13.3. The van der Waals surface area contributed by atoms with Crippen LogP contribution in [0, 0.1) is 0 Å². The van der Waals surface area contributed by atoms with E-state index in [1.54, 1.807) is 0 Å². The number of hydrogen-bond acceptors (Lipinski definition) is 4. The molecule has 0 spiro atoms. The van der Waals surface area contributed by atoms with Gasteiger partial charge in [-0.15, -0.1) is 0 Å². The number of ether oxygens (including phenoxy) is 3. The van der Waals surface area contributed by atoms with Crippen LogP contribution in [0.1, 0.15) is 18.4 Å². The lowest BCUT2D eigenvalue weighted by molar-refractivity contribution is -0.137. The highest BCUT2D eigenvalue weighted by atomic mass is 16.6. The normalized spacial score (nSPS) is 15.8. The van der Waals surface area contributed by atoms with Crippen molar-refractivity contribution in [2.75, 3.05) is 13.2 Å². The first-order valence-corrected chi connectivity index (χ1v) is 8.03. The first kappa shape index (κ1) is 16.2. The molecule has 5 nitrogen and oxygen atoms in total. The SMILES string of the molecule is O=C(O)CCCc1ccc(OCC2COc3ccccc3O2)cc1. The van der Waals surface area contributed by atoms with Crippen molar-refractivity contribution in [1.82, 2.24) is 0 Å². The third-order valence-corrected chi connectivity index (χ3v) is 3.78. The van der Waals surface area contributed by atoms with Crippen molar-refractivity contribution in [3.63, 3.8) is 0 Å². The lowest BCUT2D eigenvalue weighted by Crippen LogP contribution is -2.34. The Hall–Kier alpha value is -2.69. The Balaban J connectivity index is 1.46. The van der Waals surface area contributed by atoms with Crippen molar-refractivity contribution in [3.8, 4) is 17.2 Å². The summed E-state index contributed by atoms with van der Waals surface area (Å²) in [6.07, 6.45) is 1.44. The third kappa shape index (κ3) is 4.41. The fraction of sp³-hybridized carbons (Fsp3) is 0.316. The van der Waals surface area contributed by atoms with Crippen molar-refractivity contribution in [3.05, 3.63) is 54.1 Å². The first-order valence-electron chi connectivity index (χ1n) is 8.03. The maximum Gasteiger partial charge on any atom is 0.303 e. The van der Waals surface area contributed by atoms with Crippen molar-refractivity contribution >= 4 is 5.97 Å². The van der Waals surface area contributed by atoms with E-state index in [2.05, 4.69) is 0 Å². The van der Waals surface area contributed by atoms with Gasteiger partial charge in [0.05, 0.1) is 0 Å². The molecule has 0 radical (unpaired) electrons. The number of benzene rings is 2. The highest BCUT2D eigenvalue weighted by Crippen LogP contribution is 2.31. The van der Waals surface area contributed by atoms with Crippen LogP contribution in [0.3, 0.4) is 0 Å². The van der Waals surface area contributed by atoms with Gasteiger partial charge in [-0.1, -0.05) is 24.3 Å². The standard InChI is InChI=1S/C19H20O5/c20-19(21)7-3-4-14-8-10-15(11-9-14)22-12-16-13-23-17-5-1-2-6-18(17)24-16/h1-2,5-6,8-11,16H,3-4,7,12-13H2,(H,20,21). The van der Waals surface area contributed by atoms with E-state index >= 15 is 0 Å². The van der Waals surface area contributed by atoms with Crippen LogP contribution >= 0.6 is 0 Å². The minimum Gasteiger partial charge on any atom is -0.490 e. The Morgan fingerprint density at radius 3 is 2.62 bits per heavy atom. The van der Waals surface area contributed by atoms with Crippen LogP contribution < -0.4 is 14.2 Å². The number of rotatable bonds is 7. The number of fused-ring (bicyclic) bond motifs is 1. The van der Waals surface area contributed by atoms with Gasteiger partial charge in [-0.3, -0.25) is 4.79 Å². The summed E-state index contributed by atoms with van der Waals surface area (Å²) in [6, 6.07) is 15.3. The molecule has 0 amide bonds. The maximum absolute atomic E-state index is 10.5. The van der Waals surface area contributed by atoms with E-state index in [0.717, 1.165) is 29.2 Å². The van der Waals surface area contributed by atoms with Gasteiger partial charge in [0.25, 0.3) is 0 Å². The molecule has 24 heavy (non-hydrogen) atoms. The quantitative estimate of drug-likeness (QED) is 0.845. The molecule has 2 aromatic rings. The van der Waals surface area contributed by atoms with Crippen molar-refractivity contribution < 1.29 is 24.1 Å². The predicted octanol–water partition coefficient (Wildman–Crippen LogP) is 3.31. The Bertz CT molecular complexity index is 680. The molecule has 126 valence electrons. The van der Waals surface area contributed by atoms with Gasteiger partial charge >= 0.3 is 5.97 Å². The van der Waals surface area contributed by atoms with Gasteiger partial charge in [0.15, 0.2) is 17.6 Å². The van der Waals surface area contributed by atoms with Gasteiger partial charge in [0.2, 0.25) is 0 Å². The summed E-state index contributed by atoms with van der Waals surface area (Å²) >= 11 is 0. The average molecular weight is 328 g/mol. The minimum atomic E-state index is -0.758. The molecule has 0 aromatic heterocycles. The number of carboxylic acid groups (broad SMARTS) is 1. The van der Waals surface area contributed by atoms with Crippen molar-refractivity contribution in [1.29, 1.82) is 0 Å². The summed E-state index contributed by atoms with van der Waals surface area (Å²) in [5, 5.41) is 8.65. The molecule has 2 aromatic carbocycles. The Morgan fingerprint density at radius 2 is 1.88 bits per heavy atom. The molecule has 0 saturated heterocycles. The Morgan fingerprint density at radius 1 is 1.12 bits per heavy atom. The van der Waals surface area contributed by atoms with Gasteiger partial charge in [0.1, 0.15) is 19.0 Å². The number of carbonyl (C=O) groups is 1. The number of aryl methyl sites for hydroxylation is 1. The predicted molar refractivity (Wildman–Crippen MR) is 88.9 cm³/mol. The second kappa shape index (κ2) is 7.73. The van der Waals surface area contributed by atoms with E-state index in [0.29, 0.717) is 19.6 Å². The number of aliphatic carboxylic acids is 1. The van der Waals surface area contributed by atoms with E-state index in [1.165, 1.54) is 0 Å². The fourth-order valence-electron chi connectivity index (χ4n) is 2.53. The number of hydrogen-bond donors (Lipinski definition) is 1. The van der Waals surface area contributed by atoms with Crippen LogP contribution in [-0.2, 0) is 11.2 Å². The lowest BCUT2D eigenvalue weighted by Gasteiger charge is -2.26. The molecule has 1 heterocycles.